The second kappa shape index (κ2) is 8.24. The van der Waals surface area contributed by atoms with Crippen LogP contribution in [0.15, 0.2) is 24.3 Å². The maximum absolute atomic E-state index is 10.8. The molecule has 2 aliphatic heterocycles. The molecule has 3 rings (SSSR count). The Morgan fingerprint density at radius 3 is 2.83 bits per heavy atom. The van der Waals surface area contributed by atoms with Gasteiger partial charge in [0.25, 0.3) is 0 Å². The Balaban J connectivity index is 1.63. The Hall–Kier alpha value is -1.22. The molecule has 0 spiro atoms. The Bertz CT molecular complexity index is 529. The van der Waals surface area contributed by atoms with Crippen molar-refractivity contribution in [1.82, 2.24) is 10.6 Å². The van der Waals surface area contributed by atoms with Gasteiger partial charge >= 0.3 is 0 Å². The van der Waals surface area contributed by atoms with E-state index in [1.165, 1.54) is 0 Å². The van der Waals surface area contributed by atoms with E-state index in [1.54, 1.807) is 14.2 Å². The van der Waals surface area contributed by atoms with Gasteiger partial charge in [0.15, 0.2) is 6.29 Å². The van der Waals surface area contributed by atoms with Crippen LogP contribution in [0.2, 0.25) is 0 Å². The molecule has 0 unspecified atom stereocenters. The zero-order valence-corrected chi connectivity index (χ0v) is 14.1. The first-order chi connectivity index (χ1) is 11.7. The summed E-state index contributed by atoms with van der Waals surface area (Å²) in [5.74, 6) is 0.825. The number of methoxy groups -OCH3 is 2. The van der Waals surface area contributed by atoms with Gasteiger partial charge in [-0.1, -0.05) is 18.2 Å². The van der Waals surface area contributed by atoms with Crippen molar-refractivity contribution in [2.45, 2.75) is 37.1 Å². The fourth-order valence-corrected chi connectivity index (χ4v) is 3.30. The molecule has 2 aliphatic rings. The summed E-state index contributed by atoms with van der Waals surface area (Å²) in [6.45, 7) is 2.26. The summed E-state index contributed by atoms with van der Waals surface area (Å²) in [6.07, 6.45) is -1.17. The Morgan fingerprint density at radius 2 is 2.04 bits per heavy atom. The van der Waals surface area contributed by atoms with Gasteiger partial charge in [0, 0.05) is 25.8 Å². The quantitative estimate of drug-likeness (QED) is 0.570. The number of nitrogens with one attached hydrogen (secondary N) is 2. The highest BCUT2D eigenvalue weighted by molar-refractivity contribution is 5.33. The number of aliphatic hydroxyl groups excluding tert-OH is 1. The lowest BCUT2D eigenvalue weighted by Crippen LogP contribution is -2.63. The summed E-state index contributed by atoms with van der Waals surface area (Å²) >= 11 is 0. The molecule has 134 valence electrons. The van der Waals surface area contributed by atoms with Gasteiger partial charge in [-0.05, 0) is 6.07 Å². The third kappa shape index (κ3) is 3.72. The van der Waals surface area contributed by atoms with Crippen LogP contribution < -0.4 is 15.4 Å². The number of rotatable bonds is 8. The van der Waals surface area contributed by atoms with Gasteiger partial charge in [0.2, 0.25) is 0 Å². The molecule has 7 nitrogen and oxygen atoms in total. The summed E-state index contributed by atoms with van der Waals surface area (Å²) in [5.41, 5.74) is 1.04. The molecule has 2 fully saturated rings. The number of hydrogen-bond donors (Lipinski definition) is 3. The molecule has 24 heavy (non-hydrogen) atoms. The molecule has 7 heteroatoms. The van der Waals surface area contributed by atoms with Crippen LogP contribution in [0, 0.1) is 0 Å². The molecule has 1 aromatic carbocycles. The second-order valence-electron chi connectivity index (χ2n) is 6.06. The van der Waals surface area contributed by atoms with E-state index in [1.807, 2.05) is 24.3 Å². The zero-order valence-electron chi connectivity index (χ0n) is 14.1. The van der Waals surface area contributed by atoms with E-state index in [0.717, 1.165) is 11.3 Å². The van der Waals surface area contributed by atoms with Crippen molar-refractivity contribution in [3.05, 3.63) is 29.8 Å². The van der Waals surface area contributed by atoms with E-state index >= 15 is 0 Å². The predicted octanol–water partition coefficient (Wildman–Crippen LogP) is -0.126. The molecule has 0 radical (unpaired) electrons. The lowest BCUT2D eigenvalue weighted by atomic mass is 9.95. The molecule has 0 saturated carbocycles. The standard InChI is InChI=1S/C17H26N2O5/c1-21-8-7-18-15-16(20)14(13-10-23-17(15)24-13)19-9-11-5-3-4-6-12(11)22-2/h3-6,13-20H,7-10H2,1-2H3/t13-,14-,15-,16+,17-/m1/s1. The molecule has 2 saturated heterocycles. The molecule has 5 atom stereocenters. The molecule has 0 aromatic heterocycles. The van der Waals surface area contributed by atoms with E-state index < -0.39 is 12.4 Å². The maximum atomic E-state index is 10.8. The van der Waals surface area contributed by atoms with Crippen LogP contribution in [-0.4, -0.2) is 69.7 Å². The van der Waals surface area contributed by atoms with Crippen molar-refractivity contribution < 1.29 is 24.1 Å². The van der Waals surface area contributed by atoms with Crippen LogP contribution in [0.4, 0.5) is 0 Å². The number of ether oxygens (including phenoxy) is 4. The number of fused-ring (bicyclic) bond motifs is 2. The first kappa shape index (κ1) is 17.6. The number of para-hydroxylation sites is 1. The normalized spacial score (nSPS) is 32.0. The van der Waals surface area contributed by atoms with Crippen LogP contribution in [-0.2, 0) is 20.8 Å². The van der Waals surface area contributed by atoms with Crippen LogP contribution in [0.5, 0.6) is 5.75 Å². The summed E-state index contributed by atoms with van der Waals surface area (Å²) in [7, 11) is 3.30. The van der Waals surface area contributed by atoms with Gasteiger partial charge in [-0.25, -0.2) is 0 Å². The van der Waals surface area contributed by atoms with E-state index in [0.29, 0.717) is 26.3 Å². The molecule has 0 aliphatic carbocycles. The topological polar surface area (TPSA) is 81.2 Å². The number of benzene rings is 1. The highest BCUT2D eigenvalue weighted by Gasteiger charge is 2.49. The number of aliphatic hydroxyl groups is 1. The van der Waals surface area contributed by atoms with Crippen molar-refractivity contribution in [1.29, 1.82) is 0 Å². The van der Waals surface area contributed by atoms with Crippen molar-refractivity contribution in [2.75, 3.05) is 34.0 Å². The largest absolute Gasteiger partial charge is 0.496 e. The van der Waals surface area contributed by atoms with Crippen molar-refractivity contribution in [3.63, 3.8) is 0 Å². The highest BCUT2D eigenvalue weighted by atomic mass is 16.7. The molecule has 2 heterocycles. The SMILES string of the molecule is COCCN[C@H]1[C@@H]2OC[C@@H](O2)[C@@H](NCc2ccccc2OC)[C@@H]1O. The second-order valence-corrected chi connectivity index (χ2v) is 6.06. The van der Waals surface area contributed by atoms with Crippen LogP contribution in [0.1, 0.15) is 5.56 Å². The minimum Gasteiger partial charge on any atom is -0.496 e. The molecule has 0 amide bonds. The average Bonchev–Trinajstić information content (AvgIpc) is 3.04. The third-order valence-corrected chi connectivity index (χ3v) is 4.57. The Kier molecular flexibility index (Phi) is 6.04. The minimum atomic E-state index is -0.609. The van der Waals surface area contributed by atoms with E-state index in [4.69, 9.17) is 18.9 Å². The molecular formula is C17H26N2O5. The van der Waals surface area contributed by atoms with Crippen molar-refractivity contribution in [3.8, 4) is 5.75 Å². The Morgan fingerprint density at radius 1 is 1.21 bits per heavy atom. The lowest BCUT2D eigenvalue weighted by molar-refractivity contribution is -0.153. The third-order valence-electron chi connectivity index (χ3n) is 4.57. The monoisotopic (exact) mass is 338 g/mol. The molecule has 3 N–H and O–H groups in total. The highest BCUT2D eigenvalue weighted by Crippen LogP contribution is 2.29. The van der Waals surface area contributed by atoms with Crippen LogP contribution in [0.3, 0.4) is 0 Å². The minimum absolute atomic E-state index is 0.153. The zero-order chi connectivity index (χ0) is 16.9. The first-order valence-corrected chi connectivity index (χ1v) is 8.27. The van der Waals surface area contributed by atoms with Gasteiger partial charge in [-0.2, -0.15) is 0 Å². The summed E-state index contributed by atoms with van der Waals surface area (Å²) in [4.78, 5) is 0. The number of hydrogen-bond acceptors (Lipinski definition) is 7. The average molecular weight is 338 g/mol. The van der Waals surface area contributed by atoms with E-state index in [-0.39, 0.29) is 18.2 Å². The van der Waals surface area contributed by atoms with E-state index in [9.17, 15) is 5.11 Å². The fraction of sp³-hybridized carbons (Fsp3) is 0.647. The fourth-order valence-electron chi connectivity index (χ4n) is 3.30. The molecule has 1 aromatic rings. The smallest absolute Gasteiger partial charge is 0.176 e. The van der Waals surface area contributed by atoms with Crippen molar-refractivity contribution >= 4 is 0 Å². The lowest BCUT2D eigenvalue weighted by Gasteiger charge is -2.39. The summed E-state index contributed by atoms with van der Waals surface area (Å²) < 4.78 is 22.0. The maximum Gasteiger partial charge on any atom is 0.176 e. The van der Waals surface area contributed by atoms with Gasteiger partial charge in [-0.3, -0.25) is 0 Å². The van der Waals surface area contributed by atoms with Crippen LogP contribution in [0.25, 0.3) is 0 Å². The van der Waals surface area contributed by atoms with Crippen LogP contribution >= 0.6 is 0 Å². The van der Waals surface area contributed by atoms with Gasteiger partial charge in [-0.15, -0.1) is 0 Å². The van der Waals surface area contributed by atoms with E-state index in [2.05, 4.69) is 10.6 Å². The predicted molar refractivity (Wildman–Crippen MR) is 87.9 cm³/mol. The van der Waals surface area contributed by atoms with Gasteiger partial charge in [0.1, 0.15) is 11.9 Å². The van der Waals surface area contributed by atoms with Crippen molar-refractivity contribution in [2.24, 2.45) is 0 Å². The molecule has 2 bridgehead atoms. The Labute approximate surface area is 142 Å². The summed E-state index contributed by atoms with van der Waals surface area (Å²) in [6, 6.07) is 7.34. The van der Waals surface area contributed by atoms with Gasteiger partial charge in [0.05, 0.1) is 38.5 Å². The molecular weight excluding hydrogens is 312 g/mol. The summed E-state index contributed by atoms with van der Waals surface area (Å²) in [5, 5.41) is 17.4. The van der Waals surface area contributed by atoms with Gasteiger partial charge < -0.3 is 34.7 Å². The first-order valence-electron chi connectivity index (χ1n) is 8.27.